The maximum Gasteiger partial charge on any atom is 0.508 e. The predicted octanol–water partition coefficient (Wildman–Crippen LogP) is 4.05. The molecule has 116 valence electrons. The molecule has 3 aromatic carbocycles. The van der Waals surface area contributed by atoms with Gasteiger partial charge in [-0.15, -0.1) is 0 Å². The summed E-state index contributed by atoms with van der Waals surface area (Å²) in [6, 6.07) is 18.8. The predicted molar refractivity (Wildman–Crippen MR) is 87.3 cm³/mol. The molecule has 0 bridgehead atoms. The molecule has 0 amide bonds. The minimum atomic E-state index is -0.625. The van der Waals surface area contributed by atoms with E-state index in [4.69, 9.17) is 14.2 Å². The van der Waals surface area contributed by atoms with E-state index in [0.29, 0.717) is 6.61 Å². The zero-order valence-corrected chi connectivity index (χ0v) is 12.5. The third kappa shape index (κ3) is 2.73. The van der Waals surface area contributed by atoms with E-state index >= 15 is 0 Å². The summed E-state index contributed by atoms with van der Waals surface area (Å²) in [5.41, 5.74) is 1.15. The Labute approximate surface area is 133 Å². The van der Waals surface area contributed by atoms with Crippen LogP contribution in [0.15, 0.2) is 54.6 Å². The highest BCUT2D eigenvalue weighted by molar-refractivity contribution is 6.02. The van der Waals surface area contributed by atoms with Gasteiger partial charge in [-0.2, -0.15) is 0 Å². The number of carbonyl (C=O) groups excluding carboxylic acids is 1. The monoisotopic (exact) mass is 308 g/mol. The summed E-state index contributed by atoms with van der Waals surface area (Å²) in [7, 11) is 0. The molecular formula is C19H16O4. The van der Waals surface area contributed by atoms with Crippen LogP contribution in [0, 0.1) is 0 Å². The van der Waals surface area contributed by atoms with Crippen molar-refractivity contribution in [2.24, 2.45) is 0 Å². The zero-order chi connectivity index (χ0) is 15.6. The number of hydrogen-bond donors (Lipinski definition) is 0. The minimum absolute atomic E-state index is 0.231. The van der Waals surface area contributed by atoms with Gasteiger partial charge in [-0.3, -0.25) is 0 Å². The quantitative estimate of drug-likeness (QED) is 0.541. The van der Waals surface area contributed by atoms with Crippen LogP contribution < -0.4 is 0 Å². The molecule has 4 rings (SSSR count). The summed E-state index contributed by atoms with van der Waals surface area (Å²) in [6.45, 7) is 0.927. The molecule has 1 saturated heterocycles. The molecule has 1 aliphatic heterocycles. The molecule has 4 nitrogen and oxygen atoms in total. The third-order valence-electron chi connectivity index (χ3n) is 4.12. The van der Waals surface area contributed by atoms with E-state index in [-0.39, 0.29) is 19.3 Å². The number of hydrogen-bond acceptors (Lipinski definition) is 4. The van der Waals surface area contributed by atoms with Crippen molar-refractivity contribution < 1.29 is 19.0 Å². The standard InChI is InChI=1S/C19H16O4/c20-19-22-10-15(11-23-19)21-12-18-16-7-3-1-5-13(16)9-14-6-2-4-8-17(14)18/h1-9,15H,10-12H2. The van der Waals surface area contributed by atoms with Gasteiger partial charge in [-0.05, 0) is 33.2 Å². The molecule has 1 fully saturated rings. The second-order valence-corrected chi connectivity index (χ2v) is 5.60. The minimum Gasteiger partial charge on any atom is -0.431 e. The van der Waals surface area contributed by atoms with E-state index in [2.05, 4.69) is 30.3 Å². The van der Waals surface area contributed by atoms with Crippen LogP contribution in [-0.4, -0.2) is 25.5 Å². The number of cyclic esters (lactones) is 2. The Morgan fingerprint density at radius 1 is 0.913 bits per heavy atom. The largest absolute Gasteiger partial charge is 0.508 e. The van der Waals surface area contributed by atoms with Gasteiger partial charge in [0.05, 0.1) is 6.61 Å². The van der Waals surface area contributed by atoms with Gasteiger partial charge in [-0.1, -0.05) is 48.5 Å². The number of ether oxygens (including phenoxy) is 3. The lowest BCUT2D eigenvalue weighted by atomic mass is 9.97. The SMILES string of the molecule is O=C1OCC(OCc2c3ccccc3cc3ccccc23)CO1. The van der Waals surface area contributed by atoms with Gasteiger partial charge in [0, 0.05) is 0 Å². The van der Waals surface area contributed by atoms with Crippen LogP contribution in [0.25, 0.3) is 21.5 Å². The first-order valence-electron chi connectivity index (χ1n) is 7.62. The van der Waals surface area contributed by atoms with Crippen molar-refractivity contribution in [3.63, 3.8) is 0 Å². The van der Waals surface area contributed by atoms with Gasteiger partial charge in [0.15, 0.2) is 0 Å². The number of fused-ring (bicyclic) bond motifs is 2. The lowest BCUT2D eigenvalue weighted by Gasteiger charge is -2.22. The van der Waals surface area contributed by atoms with Crippen LogP contribution >= 0.6 is 0 Å². The maximum absolute atomic E-state index is 10.9. The molecule has 0 unspecified atom stereocenters. The fraction of sp³-hybridized carbons (Fsp3) is 0.211. The summed E-state index contributed by atoms with van der Waals surface area (Å²) in [4.78, 5) is 10.9. The topological polar surface area (TPSA) is 44.8 Å². The van der Waals surface area contributed by atoms with E-state index in [1.807, 2.05) is 24.3 Å². The molecule has 0 aliphatic carbocycles. The lowest BCUT2D eigenvalue weighted by molar-refractivity contribution is -0.0882. The van der Waals surface area contributed by atoms with E-state index in [9.17, 15) is 4.79 Å². The first-order chi connectivity index (χ1) is 11.3. The zero-order valence-electron chi connectivity index (χ0n) is 12.5. The van der Waals surface area contributed by atoms with Crippen LogP contribution in [0.2, 0.25) is 0 Å². The van der Waals surface area contributed by atoms with E-state index in [0.717, 1.165) is 5.56 Å². The van der Waals surface area contributed by atoms with Crippen LogP contribution in [0.5, 0.6) is 0 Å². The first-order valence-corrected chi connectivity index (χ1v) is 7.62. The van der Waals surface area contributed by atoms with Crippen molar-refractivity contribution in [1.82, 2.24) is 0 Å². The highest BCUT2D eigenvalue weighted by atomic mass is 16.7. The molecule has 0 spiro atoms. The molecular weight excluding hydrogens is 292 g/mol. The van der Waals surface area contributed by atoms with Crippen molar-refractivity contribution in [2.75, 3.05) is 13.2 Å². The van der Waals surface area contributed by atoms with Crippen molar-refractivity contribution in [1.29, 1.82) is 0 Å². The van der Waals surface area contributed by atoms with Crippen molar-refractivity contribution in [2.45, 2.75) is 12.7 Å². The van der Waals surface area contributed by atoms with Crippen LogP contribution in [0.3, 0.4) is 0 Å². The summed E-state index contributed by atoms with van der Waals surface area (Å²) in [5, 5.41) is 4.74. The Bertz CT molecular complexity index is 808. The Morgan fingerprint density at radius 2 is 1.48 bits per heavy atom. The summed E-state index contributed by atoms with van der Waals surface area (Å²) >= 11 is 0. The second kappa shape index (κ2) is 5.89. The van der Waals surface area contributed by atoms with Gasteiger partial charge in [-0.25, -0.2) is 4.79 Å². The van der Waals surface area contributed by atoms with E-state index < -0.39 is 6.16 Å². The van der Waals surface area contributed by atoms with Crippen LogP contribution in [0.4, 0.5) is 4.79 Å². The number of carbonyl (C=O) groups is 1. The van der Waals surface area contributed by atoms with Gasteiger partial charge in [0.25, 0.3) is 0 Å². The Morgan fingerprint density at radius 3 is 2.09 bits per heavy atom. The van der Waals surface area contributed by atoms with Crippen molar-refractivity contribution >= 4 is 27.7 Å². The normalized spacial score (nSPS) is 15.6. The van der Waals surface area contributed by atoms with Crippen LogP contribution in [-0.2, 0) is 20.8 Å². The van der Waals surface area contributed by atoms with Crippen LogP contribution in [0.1, 0.15) is 5.56 Å². The number of rotatable bonds is 3. The van der Waals surface area contributed by atoms with Gasteiger partial charge >= 0.3 is 6.16 Å². The molecule has 3 aromatic rings. The fourth-order valence-electron chi connectivity index (χ4n) is 2.97. The average molecular weight is 308 g/mol. The molecule has 0 radical (unpaired) electrons. The van der Waals surface area contributed by atoms with E-state index in [1.54, 1.807) is 0 Å². The molecule has 0 aromatic heterocycles. The van der Waals surface area contributed by atoms with Gasteiger partial charge in [0.2, 0.25) is 0 Å². The maximum atomic E-state index is 10.9. The molecule has 0 atom stereocenters. The smallest absolute Gasteiger partial charge is 0.431 e. The fourth-order valence-corrected chi connectivity index (χ4v) is 2.97. The molecule has 4 heteroatoms. The molecule has 1 aliphatic rings. The first kappa shape index (κ1) is 14.0. The Hall–Kier alpha value is -2.59. The highest BCUT2D eigenvalue weighted by Crippen LogP contribution is 2.29. The van der Waals surface area contributed by atoms with Crippen molar-refractivity contribution in [3.05, 3.63) is 60.2 Å². The highest BCUT2D eigenvalue weighted by Gasteiger charge is 2.22. The van der Waals surface area contributed by atoms with Gasteiger partial charge < -0.3 is 14.2 Å². The Kier molecular flexibility index (Phi) is 3.60. The second-order valence-electron chi connectivity index (χ2n) is 5.60. The van der Waals surface area contributed by atoms with E-state index in [1.165, 1.54) is 21.5 Å². The van der Waals surface area contributed by atoms with Crippen molar-refractivity contribution in [3.8, 4) is 0 Å². The Balaban J connectivity index is 1.70. The third-order valence-corrected chi connectivity index (χ3v) is 4.12. The number of benzene rings is 3. The molecule has 0 N–H and O–H groups in total. The lowest BCUT2D eigenvalue weighted by Crippen LogP contribution is -2.33. The average Bonchev–Trinajstić information content (AvgIpc) is 2.60. The van der Waals surface area contributed by atoms with Gasteiger partial charge in [0.1, 0.15) is 19.3 Å². The molecule has 23 heavy (non-hydrogen) atoms. The molecule has 1 heterocycles. The summed E-state index contributed by atoms with van der Waals surface area (Å²) < 4.78 is 15.7. The molecule has 0 saturated carbocycles. The summed E-state index contributed by atoms with van der Waals surface area (Å²) in [5.74, 6) is 0. The summed E-state index contributed by atoms with van der Waals surface area (Å²) in [6.07, 6.45) is -0.856.